The lowest BCUT2D eigenvalue weighted by Gasteiger charge is -2.13. The molecule has 0 aliphatic carbocycles. The number of hydrogen-bond acceptors (Lipinski definition) is 1. The Kier molecular flexibility index (Phi) is 4.03. The molecule has 0 saturated carbocycles. The number of benzene rings is 2. The third-order valence-electron chi connectivity index (χ3n) is 2.84. The van der Waals surface area contributed by atoms with E-state index in [0.29, 0.717) is 12.4 Å². The van der Waals surface area contributed by atoms with Gasteiger partial charge in [0.2, 0.25) is 0 Å². The Morgan fingerprint density at radius 2 is 1.89 bits per heavy atom. The highest BCUT2D eigenvalue weighted by Gasteiger charge is 2.06. The van der Waals surface area contributed by atoms with Crippen molar-refractivity contribution in [1.82, 2.24) is 0 Å². The summed E-state index contributed by atoms with van der Waals surface area (Å²) >= 11 is 0. The van der Waals surface area contributed by atoms with Crippen molar-refractivity contribution in [2.24, 2.45) is 0 Å². The van der Waals surface area contributed by atoms with Crippen LogP contribution >= 0.6 is 0 Å². The van der Waals surface area contributed by atoms with Crippen LogP contribution < -0.4 is 10.2 Å². The Morgan fingerprint density at radius 3 is 2.56 bits per heavy atom. The average molecular weight is 240 g/mol. The fraction of sp³-hybridized carbons (Fsp3) is 0.200. The second kappa shape index (κ2) is 5.72. The molecule has 1 atom stereocenters. The van der Waals surface area contributed by atoms with Gasteiger partial charge in [0.25, 0.3) is 0 Å². The number of ether oxygens (including phenoxy) is 1. The number of halogens is 1. The smallest absolute Gasteiger partial charge is 0.122 e. The summed E-state index contributed by atoms with van der Waals surface area (Å²) < 4.78 is 18.8. The van der Waals surface area contributed by atoms with E-state index in [-0.39, 0.29) is 11.4 Å². The Bertz CT molecular complexity index is 513. The van der Waals surface area contributed by atoms with Crippen LogP contribution in [0, 0.1) is 5.82 Å². The van der Waals surface area contributed by atoms with Gasteiger partial charge in [-0.15, -0.1) is 0 Å². The lowest BCUT2D eigenvalue weighted by atomic mass is 9.96. The van der Waals surface area contributed by atoms with Gasteiger partial charge in [0.15, 0.2) is 0 Å². The molecule has 0 amide bonds. The van der Waals surface area contributed by atoms with Crippen LogP contribution in [0.4, 0.5) is 4.39 Å². The molecule has 18 heavy (non-hydrogen) atoms. The maximum atomic E-state index is 13.2. The van der Waals surface area contributed by atoms with E-state index in [0.717, 1.165) is 0 Å². The zero-order chi connectivity index (χ0) is 13.0. The van der Waals surface area contributed by atoms with Crippen molar-refractivity contribution in [3.63, 3.8) is 0 Å². The maximum Gasteiger partial charge on any atom is 0.122 e. The summed E-state index contributed by atoms with van der Waals surface area (Å²) in [5.41, 5.74) is 1.34. The molecule has 0 fully saturated rings. The van der Waals surface area contributed by atoms with Crippen LogP contribution in [-0.4, -0.2) is 14.5 Å². The normalized spacial score (nSPS) is 12.1. The van der Waals surface area contributed by atoms with Gasteiger partial charge in [0.1, 0.15) is 19.4 Å². The molecule has 2 radical (unpaired) electrons. The van der Waals surface area contributed by atoms with Gasteiger partial charge < -0.3 is 4.74 Å². The highest BCUT2D eigenvalue weighted by atomic mass is 19.1. The minimum absolute atomic E-state index is 0.137. The van der Waals surface area contributed by atoms with Crippen molar-refractivity contribution in [3.05, 3.63) is 59.9 Å². The molecule has 0 bridgehead atoms. The van der Waals surface area contributed by atoms with E-state index in [4.69, 9.17) is 12.6 Å². The van der Waals surface area contributed by atoms with Crippen molar-refractivity contribution in [3.8, 4) is 5.75 Å². The Balaban J connectivity index is 1.97. The van der Waals surface area contributed by atoms with Crippen LogP contribution in [0.15, 0.2) is 48.5 Å². The molecule has 0 N–H and O–H groups in total. The van der Waals surface area contributed by atoms with E-state index >= 15 is 0 Å². The molecule has 0 heterocycles. The first kappa shape index (κ1) is 12.7. The summed E-state index contributed by atoms with van der Waals surface area (Å²) in [7, 11) is 5.41. The van der Waals surface area contributed by atoms with Gasteiger partial charge in [-0.05, 0) is 11.6 Å². The fourth-order valence-electron chi connectivity index (χ4n) is 1.70. The van der Waals surface area contributed by atoms with Crippen LogP contribution in [0.3, 0.4) is 0 Å². The van der Waals surface area contributed by atoms with Crippen molar-refractivity contribution in [2.75, 3.05) is 6.61 Å². The molecule has 0 spiro atoms. The molecular formula is C15H14BFO. The van der Waals surface area contributed by atoms with Crippen molar-refractivity contribution in [2.45, 2.75) is 12.8 Å². The lowest BCUT2D eigenvalue weighted by molar-refractivity contribution is 0.294. The van der Waals surface area contributed by atoms with E-state index in [1.807, 2.05) is 18.2 Å². The van der Waals surface area contributed by atoms with Crippen LogP contribution in [0.2, 0.25) is 0 Å². The summed E-state index contributed by atoms with van der Waals surface area (Å²) in [6, 6.07) is 14.6. The average Bonchev–Trinajstić information content (AvgIpc) is 2.41. The third-order valence-corrected chi connectivity index (χ3v) is 2.84. The first-order valence-electron chi connectivity index (χ1n) is 5.89. The first-order valence-corrected chi connectivity index (χ1v) is 5.89. The van der Waals surface area contributed by atoms with Crippen molar-refractivity contribution < 1.29 is 9.13 Å². The van der Waals surface area contributed by atoms with E-state index in [9.17, 15) is 4.39 Å². The standard InChI is InChI=1S/C15H14BFO/c1-11(12-5-3-2-4-6-12)10-18-13-7-8-14(16)15(17)9-13/h2-9,11H,10H2,1H3/t11-/m1/s1. The predicted molar refractivity (Wildman–Crippen MR) is 72.1 cm³/mol. The summed E-state index contributed by atoms with van der Waals surface area (Å²) in [4.78, 5) is 0. The second-order valence-corrected chi connectivity index (χ2v) is 4.31. The predicted octanol–water partition coefficient (Wildman–Crippen LogP) is 2.80. The molecule has 2 aromatic carbocycles. The Morgan fingerprint density at radius 1 is 1.17 bits per heavy atom. The van der Waals surface area contributed by atoms with Gasteiger partial charge >= 0.3 is 0 Å². The maximum absolute atomic E-state index is 13.2. The Labute approximate surface area is 108 Å². The highest BCUT2D eigenvalue weighted by molar-refractivity contribution is 6.32. The summed E-state index contributed by atoms with van der Waals surface area (Å²) in [6.07, 6.45) is 0. The molecule has 90 valence electrons. The Hall–Kier alpha value is -1.77. The molecule has 3 heteroatoms. The quantitative estimate of drug-likeness (QED) is 0.746. The van der Waals surface area contributed by atoms with E-state index in [1.54, 1.807) is 6.07 Å². The zero-order valence-electron chi connectivity index (χ0n) is 10.3. The molecule has 0 unspecified atom stereocenters. The minimum Gasteiger partial charge on any atom is -0.493 e. The monoisotopic (exact) mass is 240 g/mol. The fourth-order valence-corrected chi connectivity index (χ4v) is 1.70. The van der Waals surface area contributed by atoms with Gasteiger partial charge in [-0.2, -0.15) is 0 Å². The van der Waals surface area contributed by atoms with Gasteiger partial charge in [-0.3, -0.25) is 0 Å². The number of rotatable bonds is 4. The molecule has 2 aromatic rings. The lowest BCUT2D eigenvalue weighted by Crippen LogP contribution is -2.10. The highest BCUT2D eigenvalue weighted by Crippen LogP contribution is 2.17. The number of hydrogen-bond donors (Lipinski definition) is 0. The van der Waals surface area contributed by atoms with E-state index in [2.05, 4.69) is 19.1 Å². The van der Waals surface area contributed by atoms with Crippen LogP contribution in [-0.2, 0) is 0 Å². The SMILES string of the molecule is [B]c1ccc(OC[C@@H](C)c2ccccc2)cc1F. The van der Waals surface area contributed by atoms with E-state index < -0.39 is 5.82 Å². The van der Waals surface area contributed by atoms with E-state index in [1.165, 1.54) is 17.7 Å². The van der Waals surface area contributed by atoms with Crippen LogP contribution in [0.5, 0.6) is 5.75 Å². The largest absolute Gasteiger partial charge is 0.493 e. The first-order chi connectivity index (χ1) is 8.66. The molecule has 0 aromatic heterocycles. The van der Waals surface area contributed by atoms with Crippen molar-refractivity contribution >= 4 is 13.3 Å². The summed E-state index contributed by atoms with van der Waals surface area (Å²) in [6.45, 7) is 2.58. The molecule has 0 saturated heterocycles. The van der Waals surface area contributed by atoms with Gasteiger partial charge in [0.05, 0.1) is 6.61 Å². The van der Waals surface area contributed by atoms with Gasteiger partial charge in [-0.1, -0.05) is 48.8 Å². The summed E-state index contributed by atoms with van der Waals surface area (Å²) in [5.74, 6) is 0.316. The molecule has 0 aliphatic heterocycles. The van der Waals surface area contributed by atoms with Crippen LogP contribution in [0.25, 0.3) is 0 Å². The summed E-state index contributed by atoms with van der Waals surface area (Å²) in [5, 5.41) is 0. The topological polar surface area (TPSA) is 9.23 Å². The minimum atomic E-state index is -0.445. The van der Waals surface area contributed by atoms with Crippen molar-refractivity contribution in [1.29, 1.82) is 0 Å². The molecule has 1 nitrogen and oxygen atoms in total. The molecule has 0 aliphatic rings. The zero-order valence-corrected chi connectivity index (χ0v) is 10.3. The van der Waals surface area contributed by atoms with Gasteiger partial charge in [0, 0.05) is 12.0 Å². The van der Waals surface area contributed by atoms with Gasteiger partial charge in [-0.25, -0.2) is 4.39 Å². The third kappa shape index (κ3) is 3.13. The van der Waals surface area contributed by atoms with Crippen LogP contribution in [0.1, 0.15) is 18.4 Å². The molecule has 2 rings (SSSR count). The second-order valence-electron chi connectivity index (χ2n) is 4.31. The molecular weight excluding hydrogens is 226 g/mol.